The van der Waals surface area contributed by atoms with Crippen LogP contribution in [0.3, 0.4) is 0 Å². The molecule has 1 aliphatic rings. The molecule has 5 rings (SSSR count). The van der Waals surface area contributed by atoms with Gasteiger partial charge in [-0.1, -0.05) is 54.2 Å². The van der Waals surface area contributed by atoms with Gasteiger partial charge in [0.15, 0.2) is 5.16 Å². The first kappa shape index (κ1) is 20.5. The number of thioether (sulfide) groups is 1. The van der Waals surface area contributed by atoms with Crippen molar-refractivity contribution >= 4 is 56.5 Å². The highest BCUT2D eigenvalue weighted by Gasteiger charge is 2.27. The molecule has 0 saturated heterocycles. The van der Waals surface area contributed by atoms with Crippen molar-refractivity contribution < 1.29 is 9.59 Å². The van der Waals surface area contributed by atoms with Crippen molar-refractivity contribution in [2.45, 2.75) is 5.16 Å². The van der Waals surface area contributed by atoms with Gasteiger partial charge in [-0.05, 0) is 23.8 Å². The van der Waals surface area contributed by atoms with E-state index in [0.29, 0.717) is 26.7 Å². The summed E-state index contributed by atoms with van der Waals surface area (Å²) >= 11 is 2.65. The first-order chi connectivity index (χ1) is 15.5. The van der Waals surface area contributed by atoms with Crippen molar-refractivity contribution in [2.24, 2.45) is 7.05 Å². The number of carbonyl (C=O) groups excluding carboxylic acids is 2. The summed E-state index contributed by atoms with van der Waals surface area (Å²) in [5.74, 6) is -0.395. The fraction of sp³-hybridized carbons (Fsp3) is 0.130. The Morgan fingerprint density at radius 3 is 2.69 bits per heavy atom. The van der Waals surface area contributed by atoms with E-state index in [9.17, 15) is 14.4 Å². The van der Waals surface area contributed by atoms with Gasteiger partial charge in [0, 0.05) is 11.9 Å². The number of anilines is 2. The van der Waals surface area contributed by atoms with E-state index in [4.69, 9.17) is 0 Å². The molecule has 0 radical (unpaired) electrons. The van der Waals surface area contributed by atoms with Gasteiger partial charge in [-0.25, -0.2) is 4.98 Å². The fourth-order valence-corrected chi connectivity index (χ4v) is 5.51. The number of rotatable bonds is 4. The van der Waals surface area contributed by atoms with Crippen molar-refractivity contribution in [2.75, 3.05) is 22.5 Å². The summed E-state index contributed by atoms with van der Waals surface area (Å²) in [5, 5.41) is 3.80. The Morgan fingerprint density at radius 2 is 1.88 bits per heavy atom. The zero-order chi connectivity index (χ0) is 22.2. The third-order valence-corrected chi connectivity index (χ3v) is 7.28. The van der Waals surface area contributed by atoms with Crippen molar-refractivity contribution in [1.82, 2.24) is 9.55 Å². The van der Waals surface area contributed by atoms with Gasteiger partial charge in [-0.3, -0.25) is 19.0 Å². The number of carbonyl (C=O) groups is 2. The van der Waals surface area contributed by atoms with Crippen LogP contribution in [-0.2, 0) is 16.6 Å². The molecular weight excluding hydrogens is 444 g/mol. The molecule has 0 spiro atoms. The molecule has 7 nitrogen and oxygen atoms in total. The molecule has 2 amide bonds. The van der Waals surface area contributed by atoms with E-state index in [-0.39, 0.29) is 29.7 Å². The third-order valence-electron chi connectivity index (χ3n) is 5.19. The van der Waals surface area contributed by atoms with E-state index in [1.54, 1.807) is 19.2 Å². The van der Waals surface area contributed by atoms with Crippen LogP contribution in [0, 0.1) is 0 Å². The van der Waals surface area contributed by atoms with Crippen LogP contribution >= 0.6 is 23.1 Å². The van der Waals surface area contributed by atoms with Gasteiger partial charge in [0.2, 0.25) is 11.8 Å². The zero-order valence-electron chi connectivity index (χ0n) is 17.1. The lowest BCUT2D eigenvalue weighted by atomic mass is 10.2. The quantitative estimate of drug-likeness (QED) is 0.369. The van der Waals surface area contributed by atoms with Crippen LogP contribution in [0.15, 0.2) is 70.6 Å². The van der Waals surface area contributed by atoms with E-state index in [1.165, 1.54) is 32.6 Å². The summed E-state index contributed by atoms with van der Waals surface area (Å²) in [6.45, 7) is -0.0346. The van der Waals surface area contributed by atoms with Crippen LogP contribution in [-0.4, -0.2) is 33.7 Å². The molecule has 0 saturated carbocycles. The SMILES string of the molecule is Cn1c(SCC(=O)N2CC(=O)Nc3ccccc32)nc2sc(-c3ccccc3)cc2c1=O. The van der Waals surface area contributed by atoms with Gasteiger partial charge in [0.05, 0.1) is 22.5 Å². The first-order valence-electron chi connectivity index (χ1n) is 9.89. The van der Waals surface area contributed by atoms with Crippen LogP contribution in [0.25, 0.3) is 20.7 Å². The topological polar surface area (TPSA) is 84.3 Å². The number of aromatic nitrogens is 2. The summed E-state index contributed by atoms with van der Waals surface area (Å²) < 4.78 is 1.47. The van der Waals surface area contributed by atoms with Crippen molar-refractivity contribution in [3.05, 3.63) is 71.0 Å². The molecule has 0 aliphatic carbocycles. The second-order valence-corrected chi connectivity index (χ2v) is 9.26. The Labute approximate surface area is 191 Å². The van der Waals surface area contributed by atoms with Crippen molar-refractivity contribution in [1.29, 1.82) is 0 Å². The summed E-state index contributed by atoms with van der Waals surface area (Å²) in [7, 11) is 1.66. The molecule has 1 N–H and O–H groups in total. The van der Waals surface area contributed by atoms with Crippen LogP contribution < -0.4 is 15.8 Å². The van der Waals surface area contributed by atoms with Gasteiger partial charge in [-0.2, -0.15) is 0 Å². The Balaban J connectivity index is 1.41. The molecule has 32 heavy (non-hydrogen) atoms. The Kier molecular flexibility index (Phi) is 5.28. The van der Waals surface area contributed by atoms with Crippen molar-refractivity contribution in [3.8, 4) is 10.4 Å². The first-order valence-corrected chi connectivity index (χ1v) is 11.7. The van der Waals surface area contributed by atoms with Crippen LogP contribution in [0.1, 0.15) is 0 Å². The molecule has 1 aliphatic heterocycles. The third kappa shape index (κ3) is 3.69. The normalized spacial score (nSPS) is 13.2. The number of thiophene rings is 1. The highest BCUT2D eigenvalue weighted by Crippen LogP contribution is 2.33. The van der Waals surface area contributed by atoms with Crippen LogP contribution in [0.2, 0.25) is 0 Å². The number of nitrogens with zero attached hydrogens (tertiary/aromatic N) is 3. The predicted octanol–water partition coefficient (Wildman–Crippen LogP) is 3.74. The second-order valence-electron chi connectivity index (χ2n) is 7.29. The molecule has 160 valence electrons. The predicted molar refractivity (Wildman–Crippen MR) is 128 cm³/mol. The lowest BCUT2D eigenvalue weighted by Gasteiger charge is -2.29. The molecule has 0 bridgehead atoms. The number of hydrogen-bond acceptors (Lipinski definition) is 6. The largest absolute Gasteiger partial charge is 0.323 e. The van der Waals surface area contributed by atoms with Gasteiger partial charge in [0.1, 0.15) is 11.4 Å². The smallest absolute Gasteiger partial charge is 0.262 e. The molecule has 2 aromatic carbocycles. The van der Waals surface area contributed by atoms with Gasteiger partial charge >= 0.3 is 0 Å². The zero-order valence-corrected chi connectivity index (χ0v) is 18.7. The number of amides is 2. The standard InChI is InChI=1S/C23H18N4O3S2/c1-26-22(30)15-11-18(14-7-3-2-4-8-14)32-21(15)25-23(26)31-13-20(29)27-12-19(28)24-16-9-5-6-10-17(16)27/h2-11H,12-13H2,1H3,(H,24,28). The van der Waals surface area contributed by atoms with E-state index >= 15 is 0 Å². The minimum Gasteiger partial charge on any atom is -0.323 e. The Bertz CT molecular complexity index is 1410. The van der Waals surface area contributed by atoms with E-state index < -0.39 is 0 Å². The van der Waals surface area contributed by atoms with Gasteiger partial charge < -0.3 is 10.2 Å². The molecule has 3 heterocycles. The monoisotopic (exact) mass is 462 g/mol. The number of hydrogen-bond donors (Lipinski definition) is 1. The van der Waals surface area contributed by atoms with Crippen molar-refractivity contribution in [3.63, 3.8) is 0 Å². The number of benzene rings is 2. The van der Waals surface area contributed by atoms with E-state index in [2.05, 4.69) is 10.3 Å². The molecule has 2 aromatic heterocycles. The highest BCUT2D eigenvalue weighted by molar-refractivity contribution is 7.99. The van der Waals surface area contributed by atoms with Gasteiger partial charge in [-0.15, -0.1) is 11.3 Å². The van der Waals surface area contributed by atoms with Crippen LogP contribution in [0.4, 0.5) is 11.4 Å². The number of nitrogens with one attached hydrogen (secondary N) is 1. The summed E-state index contributed by atoms with van der Waals surface area (Å²) in [6.07, 6.45) is 0. The molecule has 0 unspecified atom stereocenters. The van der Waals surface area contributed by atoms with Gasteiger partial charge in [0.25, 0.3) is 5.56 Å². The van der Waals surface area contributed by atoms with E-state index in [1.807, 2.05) is 48.5 Å². The molecule has 0 atom stereocenters. The lowest BCUT2D eigenvalue weighted by molar-refractivity contribution is -0.120. The minimum absolute atomic E-state index is 0.0346. The summed E-state index contributed by atoms with van der Waals surface area (Å²) in [4.78, 5) is 45.6. The van der Waals surface area contributed by atoms with Crippen LogP contribution in [0.5, 0.6) is 0 Å². The van der Waals surface area contributed by atoms with E-state index in [0.717, 1.165) is 10.4 Å². The fourth-order valence-electron chi connectivity index (χ4n) is 3.58. The summed E-state index contributed by atoms with van der Waals surface area (Å²) in [5.41, 5.74) is 2.16. The maximum atomic E-state index is 12.9. The minimum atomic E-state index is -0.235. The lowest BCUT2D eigenvalue weighted by Crippen LogP contribution is -2.43. The highest BCUT2D eigenvalue weighted by atomic mass is 32.2. The molecule has 4 aromatic rings. The average molecular weight is 463 g/mol. The maximum Gasteiger partial charge on any atom is 0.262 e. The number of fused-ring (bicyclic) bond motifs is 2. The Hall–Kier alpha value is -3.43. The maximum absolute atomic E-state index is 12.9. The second kappa shape index (κ2) is 8.25. The summed E-state index contributed by atoms with van der Waals surface area (Å²) in [6, 6.07) is 18.9. The number of para-hydroxylation sites is 2. The molecule has 9 heteroatoms. The molecule has 0 fully saturated rings. The average Bonchev–Trinajstić information content (AvgIpc) is 3.24. The Morgan fingerprint density at radius 1 is 1.12 bits per heavy atom. The molecular formula is C23H18N4O3S2.